The van der Waals surface area contributed by atoms with Crippen molar-refractivity contribution in [2.75, 3.05) is 10.7 Å². The number of hydrogen-bond donors (Lipinski definition) is 2. The number of anilines is 1. The molecule has 1 aromatic carbocycles. The molecule has 118 valence electrons. The Labute approximate surface area is 136 Å². The summed E-state index contributed by atoms with van der Waals surface area (Å²) in [4.78, 5) is 36.2. The highest BCUT2D eigenvalue weighted by Gasteiger charge is 2.40. The van der Waals surface area contributed by atoms with Gasteiger partial charge in [0, 0.05) is 17.2 Å². The van der Waals surface area contributed by atoms with Crippen LogP contribution in [-0.2, 0) is 14.4 Å². The molecular formula is C14H15ClN2O4S. The second-order valence-electron chi connectivity index (χ2n) is 4.97. The first kappa shape index (κ1) is 16.8. The van der Waals surface area contributed by atoms with Crippen molar-refractivity contribution in [1.82, 2.24) is 0 Å². The molecule has 0 aromatic heterocycles. The molecule has 2 atom stereocenters. The van der Waals surface area contributed by atoms with Gasteiger partial charge in [0.1, 0.15) is 6.04 Å². The van der Waals surface area contributed by atoms with Gasteiger partial charge in [-0.05, 0) is 24.6 Å². The van der Waals surface area contributed by atoms with Gasteiger partial charge in [-0.15, -0.1) is 11.8 Å². The van der Waals surface area contributed by atoms with Gasteiger partial charge in [0.25, 0.3) is 0 Å². The van der Waals surface area contributed by atoms with Gasteiger partial charge in [0.05, 0.1) is 10.9 Å². The van der Waals surface area contributed by atoms with Crippen LogP contribution in [0.15, 0.2) is 18.2 Å². The summed E-state index contributed by atoms with van der Waals surface area (Å²) in [7, 11) is 0. The van der Waals surface area contributed by atoms with Crippen LogP contribution in [0, 0.1) is 6.92 Å². The van der Waals surface area contributed by atoms with Gasteiger partial charge in [-0.3, -0.25) is 14.4 Å². The number of aryl methyl sites for hydroxylation is 1. The predicted molar refractivity (Wildman–Crippen MR) is 85.2 cm³/mol. The first-order chi connectivity index (χ1) is 10.3. The summed E-state index contributed by atoms with van der Waals surface area (Å²) in [5.41, 5.74) is 6.69. The summed E-state index contributed by atoms with van der Waals surface area (Å²) in [5, 5.41) is 8.61. The van der Waals surface area contributed by atoms with Gasteiger partial charge in [-0.25, -0.2) is 4.90 Å². The molecule has 1 fully saturated rings. The molecule has 1 heterocycles. The summed E-state index contributed by atoms with van der Waals surface area (Å²) in [6.45, 7) is 1.83. The number of carbonyl (C=O) groups excluding carboxylic acids is 2. The standard InChI is InChI=1S/C14H15ClN2O4S/c1-7-2-3-8(4-9(7)15)17-12(18)5-11(13(17)19)22-6-10(16)14(20)21/h2-4,10-11H,5-6,16H2,1H3,(H,20,21). The van der Waals surface area contributed by atoms with Crippen LogP contribution in [0.4, 0.5) is 5.69 Å². The summed E-state index contributed by atoms with van der Waals surface area (Å²) < 4.78 is 0. The number of carboxylic acid groups (broad SMARTS) is 1. The number of benzene rings is 1. The van der Waals surface area contributed by atoms with Crippen LogP contribution in [0.25, 0.3) is 0 Å². The summed E-state index contributed by atoms with van der Waals surface area (Å²) >= 11 is 7.11. The quantitative estimate of drug-likeness (QED) is 0.785. The number of nitrogens with two attached hydrogens (primary N) is 1. The molecule has 2 amide bonds. The van der Waals surface area contributed by atoms with E-state index in [1.54, 1.807) is 18.2 Å². The molecule has 0 radical (unpaired) electrons. The third-order valence-corrected chi connectivity index (χ3v) is 5.04. The van der Waals surface area contributed by atoms with Crippen LogP contribution in [0.2, 0.25) is 5.02 Å². The van der Waals surface area contributed by atoms with Crippen molar-refractivity contribution in [1.29, 1.82) is 0 Å². The van der Waals surface area contributed by atoms with Crippen molar-refractivity contribution in [3.05, 3.63) is 28.8 Å². The molecule has 2 unspecified atom stereocenters. The molecule has 1 saturated heterocycles. The van der Waals surface area contributed by atoms with Gasteiger partial charge in [0.15, 0.2) is 0 Å². The fourth-order valence-electron chi connectivity index (χ4n) is 2.02. The third-order valence-electron chi connectivity index (χ3n) is 3.31. The second-order valence-corrected chi connectivity index (χ2v) is 6.61. The Morgan fingerprint density at radius 3 is 2.82 bits per heavy atom. The van der Waals surface area contributed by atoms with Crippen LogP contribution in [0.1, 0.15) is 12.0 Å². The van der Waals surface area contributed by atoms with E-state index in [9.17, 15) is 14.4 Å². The molecule has 8 heteroatoms. The van der Waals surface area contributed by atoms with Crippen molar-refractivity contribution < 1.29 is 19.5 Å². The number of imide groups is 1. The van der Waals surface area contributed by atoms with Crippen molar-refractivity contribution in [2.24, 2.45) is 5.73 Å². The minimum absolute atomic E-state index is 0.0291. The average Bonchev–Trinajstić information content (AvgIpc) is 2.74. The molecule has 3 N–H and O–H groups in total. The lowest BCUT2D eigenvalue weighted by molar-refractivity contribution is -0.138. The minimum atomic E-state index is -1.13. The Morgan fingerprint density at radius 1 is 1.55 bits per heavy atom. The molecule has 0 bridgehead atoms. The molecule has 2 rings (SSSR count). The fraction of sp³-hybridized carbons (Fsp3) is 0.357. The lowest BCUT2D eigenvalue weighted by Crippen LogP contribution is -2.35. The molecule has 6 nitrogen and oxygen atoms in total. The van der Waals surface area contributed by atoms with Crippen molar-refractivity contribution in [3.8, 4) is 0 Å². The highest BCUT2D eigenvalue weighted by Crippen LogP contribution is 2.31. The smallest absolute Gasteiger partial charge is 0.321 e. The molecule has 1 aliphatic rings. The largest absolute Gasteiger partial charge is 0.480 e. The number of nitrogens with zero attached hydrogens (tertiary/aromatic N) is 1. The summed E-state index contributed by atoms with van der Waals surface area (Å²) in [6.07, 6.45) is 0.0291. The third kappa shape index (κ3) is 3.43. The number of thioether (sulfide) groups is 1. The van der Waals surface area contributed by atoms with Gasteiger partial charge < -0.3 is 10.8 Å². The van der Waals surface area contributed by atoms with Gasteiger partial charge >= 0.3 is 5.97 Å². The highest BCUT2D eigenvalue weighted by atomic mass is 35.5. The van der Waals surface area contributed by atoms with Crippen molar-refractivity contribution in [2.45, 2.75) is 24.6 Å². The van der Waals surface area contributed by atoms with E-state index in [-0.39, 0.29) is 24.0 Å². The van der Waals surface area contributed by atoms with Crippen LogP contribution >= 0.6 is 23.4 Å². The molecule has 1 aromatic rings. The number of aliphatic carboxylic acids is 1. The number of carbonyl (C=O) groups is 3. The first-order valence-corrected chi connectivity index (χ1v) is 7.97. The van der Waals surface area contributed by atoms with Crippen LogP contribution in [0.5, 0.6) is 0 Å². The van der Waals surface area contributed by atoms with Crippen LogP contribution in [-0.4, -0.2) is 39.9 Å². The Morgan fingerprint density at radius 2 is 2.23 bits per heavy atom. The zero-order valence-electron chi connectivity index (χ0n) is 11.8. The predicted octanol–water partition coefficient (Wildman–Crippen LogP) is 1.43. The van der Waals surface area contributed by atoms with E-state index < -0.39 is 17.3 Å². The Hall–Kier alpha value is -1.57. The topological polar surface area (TPSA) is 101 Å². The van der Waals surface area contributed by atoms with E-state index in [0.717, 1.165) is 22.2 Å². The Balaban J connectivity index is 2.11. The van der Waals surface area contributed by atoms with Gasteiger partial charge in [0.2, 0.25) is 11.8 Å². The number of hydrogen-bond acceptors (Lipinski definition) is 5. The number of halogens is 1. The van der Waals surface area contributed by atoms with E-state index in [1.165, 1.54) is 0 Å². The Bertz CT molecular complexity index is 637. The maximum Gasteiger partial charge on any atom is 0.321 e. The second kappa shape index (κ2) is 6.68. The van der Waals surface area contributed by atoms with E-state index in [2.05, 4.69) is 0 Å². The maximum absolute atomic E-state index is 12.3. The lowest BCUT2D eigenvalue weighted by atomic mass is 10.2. The number of amides is 2. The van der Waals surface area contributed by atoms with E-state index in [4.69, 9.17) is 22.4 Å². The molecule has 0 spiro atoms. The molecule has 1 aliphatic heterocycles. The van der Waals surface area contributed by atoms with Crippen LogP contribution in [0.3, 0.4) is 0 Å². The van der Waals surface area contributed by atoms with Crippen molar-refractivity contribution in [3.63, 3.8) is 0 Å². The maximum atomic E-state index is 12.3. The lowest BCUT2D eigenvalue weighted by Gasteiger charge is -2.16. The normalized spacial score (nSPS) is 19.6. The molecule has 22 heavy (non-hydrogen) atoms. The zero-order valence-corrected chi connectivity index (χ0v) is 13.4. The molecule has 0 saturated carbocycles. The van der Waals surface area contributed by atoms with Crippen LogP contribution < -0.4 is 10.6 Å². The molecule has 0 aliphatic carbocycles. The first-order valence-electron chi connectivity index (χ1n) is 6.54. The SMILES string of the molecule is Cc1ccc(N2C(=O)CC(SCC(N)C(=O)O)C2=O)cc1Cl. The van der Waals surface area contributed by atoms with E-state index in [1.807, 2.05) is 6.92 Å². The Kier molecular flexibility index (Phi) is 5.10. The fourth-order valence-corrected chi connectivity index (χ4v) is 3.28. The number of carboxylic acids is 1. The summed E-state index contributed by atoms with van der Waals surface area (Å²) in [5.74, 6) is -1.76. The number of rotatable bonds is 5. The highest BCUT2D eigenvalue weighted by molar-refractivity contribution is 8.00. The van der Waals surface area contributed by atoms with E-state index in [0.29, 0.717) is 10.7 Å². The van der Waals surface area contributed by atoms with Gasteiger partial charge in [-0.1, -0.05) is 17.7 Å². The zero-order chi connectivity index (χ0) is 16.4. The summed E-state index contributed by atoms with van der Waals surface area (Å²) in [6, 6.07) is 3.91. The van der Waals surface area contributed by atoms with E-state index >= 15 is 0 Å². The molecular weight excluding hydrogens is 328 g/mol. The minimum Gasteiger partial charge on any atom is -0.480 e. The van der Waals surface area contributed by atoms with Crippen molar-refractivity contribution >= 4 is 46.8 Å². The monoisotopic (exact) mass is 342 g/mol. The average molecular weight is 343 g/mol. The van der Waals surface area contributed by atoms with Gasteiger partial charge in [-0.2, -0.15) is 0 Å².